The largest absolute Gasteiger partial charge is 0.480 e. The molecule has 1 fully saturated rings. The van der Waals surface area contributed by atoms with Gasteiger partial charge < -0.3 is 15.0 Å². The van der Waals surface area contributed by atoms with Gasteiger partial charge in [-0.15, -0.1) is 0 Å². The summed E-state index contributed by atoms with van der Waals surface area (Å²) in [5.74, 6) is -1.54. The molecule has 0 unspecified atom stereocenters. The molecule has 2 heterocycles. The van der Waals surface area contributed by atoms with Gasteiger partial charge in [0.25, 0.3) is 0 Å². The molecule has 6 heteroatoms. The summed E-state index contributed by atoms with van der Waals surface area (Å²) in [6, 6.07) is 3.62. The van der Waals surface area contributed by atoms with E-state index in [0.717, 1.165) is 18.4 Å². The summed E-state index contributed by atoms with van der Waals surface area (Å²) in [4.78, 5) is 28.2. The molecule has 22 heavy (non-hydrogen) atoms. The van der Waals surface area contributed by atoms with Crippen LogP contribution in [-0.2, 0) is 16.0 Å². The summed E-state index contributed by atoms with van der Waals surface area (Å²) in [6.45, 7) is 0.465. The molecule has 0 aliphatic carbocycles. The molecule has 1 aromatic heterocycles. The quantitative estimate of drug-likeness (QED) is 0.914. The van der Waals surface area contributed by atoms with Gasteiger partial charge in [-0.05, 0) is 43.0 Å². The molecule has 1 amide bonds. The minimum atomic E-state index is -0.960. The van der Waals surface area contributed by atoms with Gasteiger partial charge in [0, 0.05) is 23.6 Å². The lowest BCUT2D eigenvalue weighted by atomic mass is 10.0. The molecule has 1 aromatic carbocycles. The number of nitrogens with zero attached hydrogens (tertiary/aromatic N) is 1. The third-order valence-electron chi connectivity index (χ3n) is 4.18. The second-order valence-electron chi connectivity index (χ2n) is 5.62. The predicted octanol–water partition coefficient (Wildman–Crippen LogP) is 2.32. The summed E-state index contributed by atoms with van der Waals surface area (Å²) in [5, 5.41) is 9.91. The zero-order chi connectivity index (χ0) is 15.7. The number of aliphatic carboxylic acids is 1. The summed E-state index contributed by atoms with van der Waals surface area (Å²) in [7, 11) is 0. The average molecular weight is 304 g/mol. The van der Waals surface area contributed by atoms with E-state index in [0.29, 0.717) is 23.9 Å². The number of likely N-dealkylation sites (tertiary alicyclic amines) is 1. The van der Waals surface area contributed by atoms with E-state index in [4.69, 9.17) is 0 Å². The van der Waals surface area contributed by atoms with Crippen LogP contribution in [0.25, 0.3) is 10.9 Å². The molecule has 3 rings (SSSR count). The van der Waals surface area contributed by atoms with Gasteiger partial charge in [-0.1, -0.05) is 0 Å². The van der Waals surface area contributed by atoms with Gasteiger partial charge >= 0.3 is 5.97 Å². The number of piperidine rings is 1. The highest BCUT2D eigenvalue weighted by molar-refractivity contribution is 5.90. The Kier molecular flexibility index (Phi) is 3.83. The number of fused-ring (bicyclic) bond motifs is 1. The van der Waals surface area contributed by atoms with Crippen molar-refractivity contribution in [3.8, 4) is 0 Å². The Morgan fingerprint density at radius 3 is 2.95 bits per heavy atom. The fourth-order valence-corrected chi connectivity index (χ4v) is 3.05. The lowest BCUT2D eigenvalue weighted by Gasteiger charge is -2.33. The highest BCUT2D eigenvalue weighted by Gasteiger charge is 2.31. The molecule has 0 bridgehead atoms. The van der Waals surface area contributed by atoms with Gasteiger partial charge in [0.15, 0.2) is 0 Å². The van der Waals surface area contributed by atoms with E-state index >= 15 is 0 Å². The highest BCUT2D eigenvalue weighted by atomic mass is 19.1. The first-order valence-corrected chi connectivity index (χ1v) is 7.34. The highest BCUT2D eigenvalue weighted by Crippen LogP contribution is 2.23. The number of nitrogens with one attached hydrogen (secondary N) is 1. The second-order valence-corrected chi connectivity index (χ2v) is 5.62. The lowest BCUT2D eigenvalue weighted by molar-refractivity contribution is -0.151. The summed E-state index contributed by atoms with van der Waals surface area (Å²) < 4.78 is 13.4. The van der Waals surface area contributed by atoms with Crippen LogP contribution >= 0.6 is 0 Å². The van der Waals surface area contributed by atoms with Crippen LogP contribution in [0.5, 0.6) is 0 Å². The zero-order valence-corrected chi connectivity index (χ0v) is 12.0. The van der Waals surface area contributed by atoms with E-state index in [-0.39, 0.29) is 18.1 Å². The van der Waals surface area contributed by atoms with Gasteiger partial charge in [-0.25, -0.2) is 9.18 Å². The number of carbonyl (C=O) groups excluding carboxylic acids is 1. The van der Waals surface area contributed by atoms with Crippen molar-refractivity contribution in [3.05, 3.63) is 35.8 Å². The monoisotopic (exact) mass is 304 g/mol. The maximum Gasteiger partial charge on any atom is 0.326 e. The number of amides is 1. The van der Waals surface area contributed by atoms with Gasteiger partial charge in [0.05, 0.1) is 6.42 Å². The smallest absolute Gasteiger partial charge is 0.326 e. The Morgan fingerprint density at radius 1 is 1.36 bits per heavy atom. The Labute approximate surface area is 126 Å². The molecule has 1 saturated heterocycles. The first kappa shape index (κ1) is 14.6. The minimum Gasteiger partial charge on any atom is -0.480 e. The molecule has 0 radical (unpaired) electrons. The first-order valence-electron chi connectivity index (χ1n) is 7.34. The number of benzene rings is 1. The fraction of sp³-hybridized carbons (Fsp3) is 0.375. The summed E-state index contributed by atoms with van der Waals surface area (Å²) >= 11 is 0. The van der Waals surface area contributed by atoms with Crippen molar-refractivity contribution < 1.29 is 19.1 Å². The molecular weight excluding hydrogens is 287 g/mol. The van der Waals surface area contributed by atoms with Crippen LogP contribution in [0.4, 0.5) is 4.39 Å². The second kappa shape index (κ2) is 5.79. The molecule has 1 aliphatic rings. The number of rotatable bonds is 3. The van der Waals surface area contributed by atoms with E-state index in [9.17, 15) is 19.1 Å². The summed E-state index contributed by atoms with van der Waals surface area (Å²) in [5.41, 5.74) is 1.45. The molecule has 2 aromatic rings. The molecule has 5 nitrogen and oxygen atoms in total. The van der Waals surface area contributed by atoms with Crippen molar-refractivity contribution in [1.29, 1.82) is 0 Å². The van der Waals surface area contributed by atoms with Crippen molar-refractivity contribution in [2.24, 2.45) is 0 Å². The van der Waals surface area contributed by atoms with E-state index in [1.807, 2.05) is 0 Å². The number of hydrogen-bond donors (Lipinski definition) is 2. The van der Waals surface area contributed by atoms with E-state index in [2.05, 4.69) is 4.98 Å². The summed E-state index contributed by atoms with van der Waals surface area (Å²) in [6.07, 6.45) is 3.88. The Morgan fingerprint density at radius 2 is 2.18 bits per heavy atom. The molecule has 0 spiro atoms. The number of carbonyl (C=O) groups is 2. The van der Waals surface area contributed by atoms with Crippen LogP contribution in [0.3, 0.4) is 0 Å². The standard InChI is InChI=1S/C16H17FN2O3/c17-11-4-5-13-12(8-11)10(9-18-13)7-15(20)19-6-2-1-3-14(19)16(21)22/h4-5,8-9,14,18H,1-3,6-7H2,(H,21,22)/t14-/m0/s1. The number of aromatic nitrogens is 1. The van der Waals surface area contributed by atoms with Gasteiger partial charge in [0.1, 0.15) is 11.9 Å². The zero-order valence-electron chi connectivity index (χ0n) is 12.0. The van der Waals surface area contributed by atoms with Crippen molar-refractivity contribution in [3.63, 3.8) is 0 Å². The Balaban J connectivity index is 1.83. The number of H-pyrrole nitrogens is 1. The van der Waals surface area contributed by atoms with Crippen molar-refractivity contribution in [1.82, 2.24) is 9.88 Å². The number of aromatic amines is 1. The van der Waals surface area contributed by atoms with Crippen molar-refractivity contribution in [2.45, 2.75) is 31.7 Å². The maximum absolute atomic E-state index is 13.4. The topological polar surface area (TPSA) is 73.4 Å². The average Bonchev–Trinajstić information content (AvgIpc) is 2.89. The van der Waals surface area contributed by atoms with E-state index in [1.165, 1.54) is 17.0 Å². The number of halogens is 1. The number of carboxylic acid groups (broad SMARTS) is 1. The fourth-order valence-electron chi connectivity index (χ4n) is 3.05. The minimum absolute atomic E-state index is 0.0766. The molecular formula is C16H17FN2O3. The van der Waals surface area contributed by atoms with Crippen molar-refractivity contribution in [2.75, 3.05) is 6.54 Å². The third-order valence-corrected chi connectivity index (χ3v) is 4.18. The van der Waals surface area contributed by atoms with Gasteiger partial charge in [-0.3, -0.25) is 4.79 Å². The van der Waals surface area contributed by atoms with Crippen LogP contribution in [-0.4, -0.2) is 39.5 Å². The molecule has 116 valence electrons. The van der Waals surface area contributed by atoms with Gasteiger partial charge in [-0.2, -0.15) is 0 Å². The molecule has 0 saturated carbocycles. The molecule has 1 aliphatic heterocycles. The SMILES string of the molecule is O=C(O)[C@@H]1CCCCN1C(=O)Cc1c[nH]c2ccc(F)cc12. The van der Waals surface area contributed by atoms with E-state index in [1.54, 1.807) is 12.3 Å². The van der Waals surface area contributed by atoms with Crippen LogP contribution in [0.15, 0.2) is 24.4 Å². The van der Waals surface area contributed by atoms with Crippen LogP contribution < -0.4 is 0 Å². The number of hydrogen-bond acceptors (Lipinski definition) is 2. The van der Waals surface area contributed by atoms with Crippen LogP contribution in [0.1, 0.15) is 24.8 Å². The maximum atomic E-state index is 13.4. The molecule has 2 N–H and O–H groups in total. The van der Waals surface area contributed by atoms with Crippen LogP contribution in [0.2, 0.25) is 0 Å². The van der Waals surface area contributed by atoms with Crippen LogP contribution in [0, 0.1) is 5.82 Å². The predicted molar refractivity (Wildman–Crippen MR) is 78.9 cm³/mol. The van der Waals surface area contributed by atoms with Gasteiger partial charge in [0.2, 0.25) is 5.91 Å². The normalized spacial score (nSPS) is 18.6. The first-order chi connectivity index (χ1) is 10.6. The molecule has 1 atom stereocenters. The Hall–Kier alpha value is -2.37. The number of carboxylic acids is 1. The van der Waals surface area contributed by atoms with Crippen molar-refractivity contribution >= 4 is 22.8 Å². The van der Waals surface area contributed by atoms with E-state index < -0.39 is 12.0 Å². The third kappa shape index (κ3) is 2.68. The lowest BCUT2D eigenvalue weighted by Crippen LogP contribution is -2.48. The Bertz CT molecular complexity index is 725.